The van der Waals surface area contributed by atoms with Crippen molar-refractivity contribution in [2.75, 3.05) is 18.6 Å². The lowest BCUT2D eigenvalue weighted by Crippen LogP contribution is -2.27. The number of carbonyl (C=O) groups is 1. The third kappa shape index (κ3) is 4.28. The Balaban J connectivity index is 1.71. The monoisotopic (exact) mass is 557 g/mol. The van der Waals surface area contributed by atoms with Crippen LogP contribution in [0.5, 0.6) is 11.5 Å². The van der Waals surface area contributed by atoms with Crippen LogP contribution in [-0.2, 0) is 4.79 Å². The maximum Gasteiger partial charge on any atom is 0.270 e. The summed E-state index contributed by atoms with van der Waals surface area (Å²) >= 11 is 9.01. The van der Waals surface area contributed by atoms with Gasteiger partial charge in [0.05, 0.1) is 21.3 Å². The molecule has 1 aliphatic rings. The summed E-state index contributed by atoms with van der Waals surface area (Å²) in [6, 6.07) is 17.5. The van der Waals surface area contributed by atoms with Gasteiger partial charge in [0.2, 0.25) is 0 Å². The number of ether oxygens (including phenoxy) is 2. The number of carbonyl (C=O) groups excluding carboxylic acids is 1. The van der Waals surface area contributed by atoms with E-state index in [-0.39, 0.29) is 12.5 Å². The molecular formula is C24H16INO3S2. The van der Waals surface area contributed by atoms with E-state index in [1.165, 1.54) is 11.8 Å². The minimum absolute atomic E-state index is 0.145. The SMILES string of the molecule is C#CCOc1c(I)cc(/C=C2\SC(=S)N(c3cccc4ccccc34)C2=O)cc1OC. The van der Waals surface area contributed by atoms with E-state index < -0.39 is 0 Å². The van der Waals surface area contributed by atoms with E-state index in [4.69, 9.17) is 28.1 Å². The first-order valence-corrected chi connectivity index (χ1v) is 11.5. The van der Waals surface area contributed by atoms with Gasteiger partial charge in [0.1, 0.15) is 6.61 Å². The molecule has 1 aliphatic heterocycles. The Labute approximate surface area is 203 Å². The molecule has 0 radical (unpaired) electrons. The number of fused-ring (bicyclic) bond motifs is 1. The van der Waals surface area contributed by atoms with Crippen molar-refractivity contribution in [3.05, 3.63) is 68.6 Å². The van der Waals surface area contributed by atoms with Crippen molar-refractivity contribution in [2.24, 2.45) is 0 Å². The molecule has 1 heterocycles. The van der Waals surface area contributed by atoms with Crippen LogP contribution >= 0.6 is 46.6 Å². The zero-order chi connectivity index (χ0) is 22.0. The van der Waals surface area contributed by atoms with Gasteiger partial charge in [-0.15, -0.1) is 6.42 Å². The maximum atomic E-state index is 13.3. The van der Waals surface area contributed by atoms with Gasteiger partial charge in [-0.2, -0.15) is 0 Å². The molecule has 0 spiro atoms. The average molecular weight is 557 g/mol. The van der Waals surface area contributed by atoms with Gasteiger partial charge in [0.15, 0.2) is 15.8 Å². The van der Waals surface area contributed by atoms with Crippen LogP contribution < -0.4 is 14.4 Å². The second kappa shape index (κ2) is 9.30. The van der Waals surface area contributed by atoms with E-state index in [0.29, 0.717) is 20.7 Å². The average Bonchev–Trinajstić information content (AvgIpc) is 3.05. The summed E-state index contributed by atoms with van der Waals surface area (Å²) in [5, 5.41) is 2.04. The molecule has 1 saturated heterocycles. The fraction of sp³-hybridized carbons (Fsp3) is 0.0833. The number of hydrogen-bond donors (Lipinski definition) is 0. The topological polar surface area (TPSA) is 38.8 Å². The smallest absolute Gasteiger partial charge is 0.270 e. The first kappa shape index (κ1) is 21.7. The minimum Gasteiger partial charge on any atom is -0.493 e. The third-order valence-corrected chi connectivity index (χ3v) is 6.75. The number of thiocarbonyl (C=S) groups is 1. The van der Waals surface area contributed by atoms with Gasteiger partial charge < -0.3 is 9.47 Å². The molecular weight excluding hydrogens is 541 g/mol. The number of hydrogen-bond acceptors (Lipinski definition) is 5. The maximum absolute atomic E-state index is 13.3. The number of terminal acetylenes is 1. The number of thioether (sulfide) groups is 1. The summed E-state index contributed by atoms with van der Waals surface area (Å²) in [7, 11) is 1.57. The first-order valence-electron chi connectivity index (χ1n) is 9.23. The summed E-state index contributed by atoms with van der Waals surface area (Å²) in [6.45, 7) is 0.148. The van der Waals surface area contributed by atoms with Gasteiger partial charge in [0.25, 0.3) is 5.91 Å². The molecule has 0 aromatic heterocycles. The second-order valence-corrected chi connectivity index (χ2v) is 9.38. The van der Waals surface area contributed by atoms with Gasteiger partial charge in [-0.1, -0.05) is 66.3 Å². The van der Waals surface area contributed by atoms with Crippen LogP contribution in [0.4, 0.5) is 5.69 Å². The summed E-state index contributed by atoms with van der Waals surface area (Å²) in [6.07, 6.45) is 7.12. The van der Waals surface area contributed by atoms with Crippen LogP contribution in [0.15, 0.2) is 59.5 Å². The number of anilines is 1. The van der Waals surface area contributed by atoms with Crippen LogP contribution in [0, 0.1) is 15.9 Å². The van der Waals surface area contributed by atoms with Crippen molar-refractivity contribution in [3.63, 3.8) is 0 Å². The molecule has 0 bridgehead atoms. The highest BCUT2D eigenvalue weighted by atomic mass is 127. The quantitative estimate of drug-likeness (QED) is 0.170. The molecule has 3 aromatic rings. The zero-order valence-electron chi connectivity index (χ0n) is 16.4. The highest BCUT2D eigenvalue weighted by Crippen LogP contribution is 2.40. The Kier molecular flexibility index (Phi) is 6.51. The number of methoxy groups -OCH3 is 1. The van der Waals surface area contributed by atoms with Gasteiger partial charge in [-0.05, 0) is 57.8 Å². The number of nitrogens with zero attached hydrogens (tertiary/aromatic N) is 1. The molecule has 154 valence electrons. The van der Waals surface area contributed by atoms with E-state index >= 15 is 0 Å². The lowest BCUT2D eigenvalue weighted by molar-refractivity contribution is -0.113. The first-order chi connectivity index (χ1) is 15.0. The number of rotatable bonds is 5. The minimum atomic E-state index is -0.145. The molecule has 1 fully saturated rings. The predicted molar refractivity (Wildman–Crippen MR) is 140 cm³/mol. The third-order valence-electron chi connectivity index (χ3n) is 4.65. The lowest BCUT2D eigenvalue weighted by Gasteiger charge is -2.17. The summed E-state index contributed by atoms with van der Waals surface area (Å²) < 4.78 is 12.4. The molecule has 7 heteroatoms. The molecule has 0 N–H and O–H groups in total. The second-order valence-electron chi connectivity index (χ2n) is 6.54. The number of benzene rings is 3. The van der Waals surface area contributed by atoms with Crippen LogP contribution in [-0.4, -0.2) is 23.9 Å². The highest BCUT2D eigenvalue weighted by Gasteiger charge is 2.34. The predicted octanol–water partition coefficient (Wildman–Crippen LogP) is 5.87. The van der Waals surface area contributed by atoms with E-state index in [1.807, 2.05) is 60.7 Å². The summed E-state index contributed by atoms with van der Waals surface area (Å²) in [5.41, 5.74) is 1.60. The van der Waals surface area contributed by atoms with Crippen molar-refractivity contribution in [1.29, 1.82) is 0 Å². The Morgan fingerprint density at radius 3 is 2.77 bits per heavy atom. The number of halogens is 1. The van der Waals surface area contributed by atoms with Gasteiger partial charge in [0, 0.05) is 5.39 Å². The van der Waals surface area contributed by atoms with Crippen molar-refractivity contribution < 1.29 is 14.3 Å². The molecule has 0 unspecified atom stereocenters. The lowest BCUT2D eigenvalue weighted by atomic mass is 10.1. The van der Waals surface area contributed by atoms with Crippen molar-refractivity contribution in [1.82, 2.24) is 0 Å². The van der Waals surface area contributed by atoms with E-state index in [0.717, 1.165) is 25.6 Å². The largest absolute Gasteiger partial charge is 0.493 e. The molecule has 0 atom stereocenters. The zero-order valence-corrected chi connectivity index (χ0v) is 20.2. The highest BCUT2D eigenvalue weighted by molar-refractivity contribution is 14.1. The summed E-state index contributed by atoms with van der Waals surface area (Å²) in [5.74, 6) is 3.44. The van der Waals surface area contributed by atoms with Gasteiger partial charge in [-0.25, -0.2) is 0 Å². The van der Waals surface area contributed by atoms with E-state index in [2.05, 4.69) is 28.5 Å². The van der Waals surface area contributed by atoms with Crippen molar-refractivity contribution in [3.8, 4) is 23.8 Å². The Morgan fingerprint density at radius 2 is 2.00 bits per heavy atom. The molecule has 4 nitrogen and oxygen atoms in total. The fourth-order valence-electron chi connectivity index (χ4n) is 3.31. The van der Waals surface area contributed by atoms with E-state index in [9.17, 15) is 4.79 Å². The Hall–Kier alpha value is -2.54. The number of amides is 1. The van der Waals surface area contributed by atoms with Gasteiger partial charge in [-0.3, -0.25) is 9.69 Å². The van der Waals surface area contributed by atoms with Crippen LogP contribution in [0.25, 0.3) is 16.8 Å². The fourth-order valence-corrected chi connectivity index (χ4v) is 5.37. The molecule has 4 rings (SSSR count). The molecule has 0 aliphatic carbocycles. The molecule has 3 aromatic carbocycles. The Morgan fingerprint density at radius 1 is 1.23 bits per heavy atom. The summed E-state index contributed by atoms with van der Waals surface area (Å²) in [4.78, 5) is 15.4. The van der Waals surface area contributed by atoms with Crippen molar-refractivity contribution in [2.45, 2.75) is 0 Å². The molecule has 31 heavy (non-hydrogen) atoms. The van der Waals surface area contributed by atoms with Crippen LogP contribution in [0.3, 0.4) is 0 Å². The standard InChI is InChI=1S/C24H16INO3S2/c1-3-11-29-22-18(25)12-15(13-20(22)28-2)14-21-23(27)26(24(30)31-21)19-10-6-8-16-7-4-5-9-17(16)19/h1,4-10,12-14H,11H2,2H3/b21-14-. The van der Waals surface area contributed by atoms with Gasteiger partial charge >= 0.3 is 0 Å². The van der Waals surface area contributed by atoms with Crippen LogP contribution in [0.1, 0.15) is 5.56 Å². The van der Waals surface area contributed by atoms with Crippen LogP contribution in [0.2, 0.25) is 0 Å². The molecule has 1 amide bonds. The molecule has 0 saturated carbocycles. The van der Waals surface area contributed by atoms with E-state index in [1.54, 1.807) is 12.0 Å². The van der Waals surface area contributed by atoms with Crippen molar-refractivity contribution >= 4 is 79.3 Å². The normalized spacial score (nSPS) is 14.9. The Bertz CT molecular complexity index is 1270.